The van der Waals surface area contributed by atoms with E-state index < -0.39 is 21.6 Å². The Bertz CT molecular complexity index is 1000. The Labute approximate surface area is 167 Å². The molecular formula is C20H21F3N2O3S. The van der Waals surface area contributed by atoms with Gasteiger partial charge in [0.1, 0.15) is 5.76 Å². The fourth-order valence-corrected chi connectivity index (χ4v) is 3.16. The zero-order chi connectivity index (χ0) is 22.4. The summed E-state index contributed by atoms with van der Waals surface area (Å²) in [6, 6.07) is 3.87. The van der Waals surface area contributed by atoms with Crippen molar-refractivity contribution in [3.8, 4) is 0 Å². The van der Waals surface area contributed by atoms with Crippen molar-refractivity contribution in [3.63, 3.8) is 0 Å². The molecule has 0 bridgehead atoms. The zero-order valence-electron chi connectivity index (χ0n) is 15.9. The Kier molecular flexibility index (Phi) is 7.90. The van der Waals surface area contributed by atoms with Gasteiger partial charge in [0, 0.05) is 16.7 Å². The summed E-state index contributed by atoms with van der Waals surface area (Å²) < 4.78 is 67.4. The van der Waals surface area contributed by atoms with Crippen LogP contribution in [0.15, 0.2) is 71.9 Å². The second kappa shape index (κ2) is 9.51. The zero-order valence-corrected chi connectivity index (χ0v) is 16.7. The van der Waals surface area contributed by atoms with Crippen LogP contribution in [0.2, 0.25) is 0 Å². The van der Waals surface area contributed by atoms with Crippen LogP contribution in [-0.4, -0.2) is 38.9 Å². The Morgan fingerprint density at radius 1 is 1.10 bits per heavy atom. The average molecular weight is 426 g/mol. The Morgan fingerprint density at radius 2 is 1.69 bits per heavy atom. The number of ether oxygens (including phenoxy) is 1. The predicted octanol–water partition coefficient (Wildman–Crippen LogP) is 4.61. The molecule has 0 heterocycles. The molecule has 1 rings (SSSR count). The van der Waals surface area contributed by atoms with Crippen molar-refractivity contribution in [1.82, 2.24) is 0 Å². The maximum atomic E-state index is 12.5. The lowest BCUT2D eigenvalue weighted by atomic mass is 10.0. The van der Waals surface area contributed by atoms with Crippen LogP contribution in [-0.2, 0) is 14.6 Å². The highest BCUT2D eigenvalue weighted by Gasteiger charge is 2.29. The number of nitrogens with one attached hydrogen (secondary N) is 2. The molecule has 2 N–H and O–H groups in total. The largest absolute Gasteiger partial charge is 0.497 e. The fraction of sp³-hybridized carbons (Fsp3) is 0.200. The number of benzene rings is 1. The molecule has 1 aromatic rings. The summed E-state index contributed by atoms with van der Waals surface area (Å²) in [6.45, 7) is 7.88. The first-order chi connectivity index (χ1) is 13.3. The van der Waals surface area contributed by atoms with Gasteiger partial charge in [-0.15, -0.1) is 0 Å². The molecule has 0 atom stereocenters. The first kappa shape index (κ1) is 24.1. The van der Waals surface area contributed by atoms with Crippen LogP contribution in [0.1, 0.15) is 18.1 Å². The molecule has 0 amide bonds. The summed E-state index contributed by atoms with van der Waals surface area (Å²) in [5, 5.41) is 16.1. The third-order valence-corrected chi connectivity index (χ3v) is 5.58. The predicted molar refractivity (Wildman–Crippen MR) is 107 cm³/mol. The van der Waals surface area contributed by atoms with Crippen LogP contribution in [0.4, 0.5) is 13.2 Å². The van der Waals surface area contributed by atoms with E-state index in [1.54, 1.807) is 0 Å². The number of allylic oxidation sites excluding steroid dienone is 5. The highest BCUT2D eigenvalue weighted by molar-refractivity contribution is 7.91. The minimum Gasteiger partial charge on any atom is -0.497 e. The lowest BCUT2D eigenvalue weighted by Gasteiger charge is -2.11. The molecule has 0 unspecified atom stereocenters. The summed E-state index contributed by atoms with van der Waals surface area (Å²) in [5.74, 6) is 0.0160. The number of methoxy groups -OCH3 is 1. The van der Waals surface area contributed by atoms with E-state index >= 15 is 0 Å². The summed E-state index contributed by atoms with van der Waals surface area (Å²) in [6.07, 6.45) is -0.377. The number of halogens is 3. The third kappa shape index (κ3) is 6.56. The van der Waals surface area contributed by atoms with Crippen LogP contribution >= 0.6 is 0 Å². The van der Waals surface area contributed by atoms with E-state index in [1.807, 2.05) is 0 Å². The van der Waals surface area contributed by atoms with Gasteiger partial charge in [0.25, 0.3) is 0 Å². The number of sulfone groups is 1. The van der Waals surface area contributed by atoms with E-state index in [-0.39, 0.29) is 39.0 Å². The Balaban J connectivity index is 3.38. The van der Waals surface area contributed by atoms with E-state index in [2.05, 4.69) is 13.2 Å². The van der Waals surface area contributed by atoms with Crippen molar-refractivity contribution in [2.75, 3.05) is 12.9 Å². The number of hydrogen-bond acceptors (Lipinski definition) is 5. The summed E-state index contributed by atoms with van der Waals surface area (Å²) in [5.41, 5.74) is -1.42. The van der Waals surface area contributed by atoms with Crippen LogP contribution in [0, 0.1) is 10.8 Å². The minimum absolute atomic E-state index is 0.0880. The normalized spacial score (nSPS) is 12.3. The van der Waals surface area contributed by atoms with Gasteiger partial charge in [-0.05, 0) is 30.4 Å². The SMILES string of the molecule is C=C(/C=C\C(=N)c1ccc(C(=N)/C=C\C(=C)C(F)(F)F)cc1S(=O)(=O)CC)OC. The summed E-state index contributed by atoms with van der Waals surface area (Å²) in [7, 11) is -2.38. The van der Waals surface area contributed by atoms with E-state index in [9.17, 15) is 21.6 Å². The van der Waals surface area contributed by atoms with Crippen LogP contribution in [0.5, 0.6) is 0 Å². The molecule has 0 aromatic heterocycles. The van der Waals surface area contributed by atoms with Crippen molar-refractivity contribution >= 4 is 21.3 Å². The second-order valence-corrected chi connectivity index (χ2v) is 8.05. The molecule has 0 aliphatic rings. The number of alkyl halides is 3. The number of hydrogen-bond donors (Lipinski definition) is 2. The van der Waals surface area contributed by atoms with E-state index in [1.165, 1.54) is 44.4 Å². The van der Waals surface area contributed by atoms with Gasteiger partial charge in [-0.1, -0.05) is 32.2 Å². The smallest absolute Gasteiger partial charge is 0.415 e. The summed E-state index contributed by atoms with van der Waals surface area (Å²) >= 11 is 0. The van der Waals surface area contributed by atoms with Gasteiger partial charge in [-0.3, -0.25) is 0 Å². The first-order valence-corrected chi connectivity index (χ1v) is 9.88. The maximum Gasteiger partial charge on any atom is 0.415 e. The molecular weight excluding hydrogens is 405 g/mol. The molecule has 5 nitrogen and oxygen atoms in total. The quantitative estimate of drug-likeness (QED) is 0.343. The topological polar surface area (TPSA) is 91.1 Å². The molecule has 156 valence electrons. The first-order valence-electron chi connectivity index (χ1n) is 8.23. The number of rotatable bonds is 9. The third-order valence-electron chi connectivity index (χ3n) is 3.81. The van der Waals surface area contributed by atoms with E-state index in [4.69, 9.17) is 15.6 Å². The lowest BCUT2D eigenvalue weighted by Crippen LogP contribution is -2.12. The fourth-order valence-electron chi connectivity index (χ4n) is 2.03. The molecule has 9 heteroatoms. The van der Waals surface area contributed by atoms with Crippen LogP contribution < -0.4 is 0 Å². The standard InChI is InChI=1S/C20H21F3N2O3S/c1-5-29(26,27)19-12-15(17(24)10-6-13(2)20(21,22)23)8-9-16(19)18(25)11-7-14(3)28-4/h6-12,24-25H,2-3,5H2,1,4H3/b10-6-,11-7-,24-17?,25-18?. The van der Waals surface area contributed by atoms with Crippen molar-refractivity contribution < 1.29 is 26.3 Å². The maximum absolute atomic E-state index is 12.5. The molecule has 0 spiro atoms. The molecule has 0 aliphatic heterocycles. The molecule has 29 heavy (non-hydrogen) atoms. The average Bonchev–Trinajstić information content (AvgIpc) is 2.68. The lowest BCUT2D eigenvalue weighted by molar-refractivity contribution is -0.0878. The second-order valence-electron chi connectivity index (χ2n) is 5.80. The monoisotopic (exact) mass is 426 g/mol. The van der Waals surface area contributed by atoms with Crippen molar-refractivity contribution in [2.45, 2.75) is 18.0 Å². The van der Waals surface area contributed by atoms with Crippen molar-refractivity contribution in [3.05, 3.63) is 78.1 Å². The van der Waals surface area contributed by atoms with Gasteiger partial charge in [0.15, 0.2) is 9.84 Å². The molecule has 0 saturated heterocycles. The van der Waals surface area contributed by atoms with Gasteiger partial charge in [0.05, 0.1) is 29.2 Å². The Hall–Kier alpha value is -2.94. The highest BCUT2D eigenvalue weighted by atomic mass is 32.2. The minimum atomic E-state index is -4.62. The van der Waals surface area contributed by atoms with Crippen LogP contribution in [0.3, 0.4) is 0 Å². The highest BCUT2D eigenvalue weighted by Crippen LogP contribution is 2.25. The van der Waals surface area contributed by atoms with Crippen molar-refractivity contribution in [2.24, 2.45) is 0 Å². The van der Waals surface area contributed by atoms with Gasteiger partial charge >= 0.3 is 6.18 Å². The van der Waals surface area contributed by atoms with Gasteiger partial charge in [0.2, 0.25) is 0 Å². The van der Waals surface area contributed by atoms with E-state index in [0.717, 1.165) is 6.08 Å². The van der Waals surface area contributed by atoms with Gasteiger partial charge in [-0.25, -0.2) is 8.42 Å². The van der Waals surface area contributed by atoms with E-state index in [0.29, 0.717) is 6.08 Å². The molecule has 0 radical (unpaired) electrons. The van der Waals surface area contributed by atoms with Gasteiger partial charge < -0.3 is 15.6 Å². The molecule has 0 saturated carbocycles. The Morgan fingerprint density at radius 3 is 2.21 bits per heavy atom. The summed E-state index contributed by atoms with van der Waals surface area (Å²) in [4.78, 5) is -0.192. The molecule has 1 aromatic carbocycles. The molecule has 0 fully saturated rings. The van der Waals surface area contributed by atoms with Gasteiger partial charge in [-0.2, -0.15) is 13.2 Å². The van der Waals surface area contributed by atoms with Crippen LogP contribution in [0.25, 0.3) is 0 Å². The van der Waals surface area contributed by atoms with Crippen molar-refractivity contribution in [1.29, 1.82) is 10.8 Å². The molecule has 0 aliphatic carbocycles.